The fourth-order valence-electron chi connectivity index (χ4n) is 3.32. The van der Waals surface area contributed by atoms with Gasteiger partial charge in [0.2, 0.25) is 0 Å². The molecule has 7 nitrogen and oxygen atoms in total. The van der Waals surface area contributed by atoms with Crippen LogP contribution in [0.1, 0.15) is 27.2 Å². The van der Waals surface area contributed by atoms with Crippen molar-refractivity contribution >= 4 is 17.0 Å². The van der Waals surface area contributed by atoms with E-state index in [1.807, 2.05) is 6.92 Å². The van der Waals surface area contributed by atoms with E-state index in [9.17, 15) is 5.11 Å². The number of nitrogen functional groups attached to an aromatic ring is 1. The zero-order valence-corrected chi connectivity index (χ0v) is 12.0. The molecule has 3 atom stereocenters. The predicted octanol–water partition coefficient (Wildman–Crippen LogP) is 0.847. The van der Waals surface area contributed by atoms with Gasteiger partial charge in [-0.1, -0.05) is 19.1 Å². The van der Waals surface area contributed by atoms with Gasteiger partial charge in [0.05, 0.1) is 6.10 Å². The van der Waals surface area contributed by atoms with E-state index in [-0.39, 0.29) is 11.5 Å². The number of hydrogen-bond donors (Lipinski definition) is 2. The summed E-state index contributed by atoms with van der Waals surface area (Å²) in [7, 11) is 0. The molecule has 1 aliphatic carbocycles. The number of rotatable bonds is 3. The number of hydrogen-bond acceptors (Lipinski definition) is 6. The molecule has 2 heterocycles. The van der Waals surface area contributed by atoms with Crippen LogP contribution in [0.15, 0.2) is 6.33 Å². The molecule has 108 valence electrons. The fourth-order valence-corrected chi connectivity index (χ4v) is 3.32. The lowest BCUT2D eigenvalue weighted by molar-refractivity contribution is -0.0946. The minimum absolute atomic E-state index is 0.0883. The van der Waals surface area contributed by atoms with Crippen molar-refractivity contribution in [1.29, 1.82) is 0 Å². The van der Waals surface area contributed by atoms with Gasteiger partial charge in [-0.25, -0.2) is 14.6 Å². The first-order chi connectivity index (χ1) is 9.41. The molecule has 1 saturated carbocycles. The number of nitrogens with two attached hydrogens (primary N) is 1. The molecule has 3 unspecified atom stereocenters. The van der Waals surface area contributed by atoms with Gasteiger partial charge in [-0.2, -0.15) is 0 Å². The molecule has 7 heteroatoms. The zero-order valence-electron chi connectivity index (χ0n) is 12.0. The second-order valence-corrected chi connectivity index (χ2v) is 6.30. The monoisotopic (exact) mass is 276 g/mol. The number of aliphatic hydroxyl groups excluding tert-OH is 1. The first-order valence-electron chi connectivity index (χ1n) is 6.89. The second-order valence-electron chi connectivity index (χ2n) is 6.30. The van der Waals surface area contributed by atoms with Crippen molar-refractivity contribution < 1.29 is 5.11 Å². The Labute approximate surface area is 117 Å². The summed E-state index contributed by atoms with van der Waals surface area (Å²) < 4.78 is 1.79. The van der Waals surface area contributed by atoms with Crippen molar-refractivity contribution in [2.45, 2.75) is 39.8 Å². The summed E-state index contributed by atoms with van der Waals surface area (Å²) in [5.41, 5.74) is 7.08. The van der Waals surface area contributed by atoms with Crippen LogP contribution in [-0.2, 0) is 6.54 Å². The van der Waals surface area contributed by atoms with E-state index >= 15 is 0 Å². The highest BCUT2D eigenvalue weighted by Gasteiger charge is 2.50. The lowest BCUT2D eigenvalue weighted by Crippen LogP contribution is -2.51. The minimum Gasteiger partial charge on any atom is -0.393 e. The molecular formula is C13H20N6O. The third-order valence-electron chi connectivity index (χ3n) is 4.85. The summed E-state index contributed by atoms with van der Waals surface area (Å²) in [6.07, 6.45) is 2.15. The van der Waals surface area contributed by atoms with E-state index in [0.29, 0.717) is 28.8 Å². The average Bonchev–Trinajstić information content (AvgIpc) is 2.78. The number of aromatic nitrogens is 5. The molecule has 20 heavy (non-hydrogen) atoms. The normalized spacial score (nSPS) is 26.4. The minimum atomic E-state index is -0.272. The van der Waals surface area contributed by atoms with Gasteiger partial charge in [-0.05, 0) is 30.6 Å². The zero-order chi connectivity index (χ0) is 14.5. The van der Waals surface area contributed by atoms with Crippen LogP contribution in [0.3, 0.4) is 0 Å². The lowest BCUT2D eigenvalue weighted by Gasteiger charge is -2.53. The van der Waals surface area contributed by atoms with Gasteiger partial charge < -0.3 is 10.8 Å². The molecule has 3 rings (SSSR count). The van der Waals surface area contributed by atoms with Crippen LogP contribution in [0.5, 0.6) is 0 Å². The largest absolute Gasteiger partial charge is 0.393 e. The summed E-state index contributed by atoms with van der Waals surface area (Å²) in [6.45, 7) is 6.99. The molecule has 0 bridgehead atoms. The van der Waals surface area contributed by atoms with Crippen molar-refractivity contribution in [3.05, 3.63) is 6.33 Å². The number of fused-ring (bicyclic) bond motifs is 1. The highest BCUT2D eigenvalue weighted by atomic mass is 16.3. The van der Waals surface area contributed by atoms with Crippen LogP contribution < -0.4 is 5.73 Å². The van der Waals surface area contributed by atoms with Crippen LogP contribution in [0.4, 0.5) is 5.82 Å². The molecule has 0 aromatic carbocycles. The van der Waals surface area contributed by atoms with E-state index in [1.165, 1.54) is 6.33 Å². The predicted molar refractivity (Wildman–Crippen MR) is 74.6 cm³/mol. The Morgan fingerprint density at radius 3 is 2.90 bits per heavy atom. The van der Waals surface area contributed by atoms with Crippen molar-refractivity contribution in [2.75, 3.05) is 5.73 Å². The SMILES string of the molecule is CC(O)C1CC(Cn2nnc3c(N)ncnc32)C1(C)C. The summed E-state index contributed by atoms with van der Waals surface area (Å²) in [6, 6.07) is 0. The highest BCUT2D eigenvalue weighted by molar-refractivity contribution is 5.80. The Bertz CT molecular complexity index is 635. The van der Waals surface area contributed by atoms with E-state index in [4.69, 9.17) is 5.73 Å². The van der Waals surface area contributed by atoms with Crippen molar-refractivity contribution in [2.24, 2.45) is 17.3 Å². The summed E-state index contributed by atoms with van der Waals surface area (Å²) >= 11 is 0. The van der Waals surface area contributed by atoms with Crippen LogP contribution in [0.2, 0.25) is 0 Å². The van der Waals surface area contributed by atoms with Gasteiger partial charge in [0.25, 0.3) is 0 Å². The lowest BCUT2D eigenvalue weighted by atomic mass is 9.53. The van der Waals surface area contributed by atoms with E-state index in [1.54, 1.807) is 4.68 Å². The van der Waals surface area contributed by atoms with E-state index in [2.05, 4.69) is 34.1 Å². The highest BCUT2D eigenvalue weighted by Crippen LogP contribution is 2.53. The summed E-state index contributed by atoms with van der Waals surface area (Å²) in [5, 5.41) is 18.0. The number of aliphatic hydroxyl groups is 1. The molecule has 1 aliphatic rings. The van der Waals surface area contributed by atoms with Gasteiger partial charge in [0.15, 0.2) is 17.0 Å². The van der Waals surface area contributed by atoms with Gasteiger partial charge >= 0.3 is 0 Å². The standard InChI is InChI=1S/C13H20N6O/c1-7(20)9-4-8(13(9,2)3)5-19-12-10(17-18-19)11(14)15-6-16-12/h6-9,20H,4-5H2,1-3H3,(H2,14,15,16). The molecule has 0 aliphatic heterocycles. The van der Waals surface area contributed by atoms with Gasteiger partial charge in [0.1, 0.15) is 6.33 Å². The Balaban J connectivity index is 1.83. The summed E-state index contributed by atoms with van der Waals surface area (Å²) in [5.74, 6) is 1.14. The van der Waals surface area contributed by atoms with Crippen LogP contribution in [0, 0.1) is 17.3 Å². The van der Waals surface area contributed by atoms with E-state index in [0.717, 1.165) is 13.0 Å². The van der Waals surface area contributed by atoms with E-state index < -0.39 is 0 Å². The fraction of sp³-hybridized carbons (Fsp3) is 0.692. The van der Waals surface area contributed by atoms with Crippen molar-refractivity contribution in [3.63, 3.8) is 0 Å². The molecule has 0 spiro atoms. The Morgan fingerprint density at radius 1 is 1.50 bits per heavy atom. The Kier molecular flexibility index (Phi) is 2.89. The first-order valence-corrected chi connectivity index (χ1v) is 6.89. The quantitative estimate of drug-likeness (QED) is 0.861. The van der Waals surface area contributed by atoms with Gasteiger partial charge in [0, 0.05) is 6.54 Å². The Morgan fingerprint density at radius 2 is 2.25 bits per heavy atom. The number of anilines is 1. The molecule has 0 radical (unpaired) electrons. The Hall–Kier alpha value is -1.76. The first kappa shape index (κ1) is 13.2. The second kappa shape index (κ2) is 4.37. The molecular weight excluding hydrogens is 256 g/mol. The smallest absolute Gasteiger partial charge is 0.183 e. The summed E-state index contributed by atoms with van der Waals surface area (Å²) in [4.78, 5) is 8.13. The maximum Gasteiger partial charge on any atom is 0.183 e. The number of nitrogens with zero attached hydrogens (tertiary/aromatic N) is 5. The molecule has 2 aromatic heterocycles. The topological polar surface area (TPSA) is 103 Å². The van der Waals surface area contributed by atoms with Crippen LogP contribution in [-0.4, -0.2) is 36.2 Å². The maximum absolute atomic E-state index is 9.79. The molecule has 1 fully saturated rings. The van der Waals surface area contributed by atoms with Gasteiger partial charge in [-0.15, -0.1) is 5.10 Å². The molecule has 2 aromatic rings. The average molecular weight is 276 g/mol. The molecule has 0 amide bonds. The maximum atomic E-state index is 9.79. The molecule has 3 N–H and O–H groups in total. The van der Waals surface area contributed by atoms with Gasteiger partial charge in [-0.3, -0.25) is 0 Å². The third-order valence-corrected chi connectivity index (χ3v) is 4.85. The molecule has 0 saturated heterocycles. The van der Waals surface area contributed by atoms with Crippen LogP contribution in [0.25, 0.3) is 11.2 Å². The van der Waals surface area contributed by atoms with Crippen molar-refractivity contribution in [1.82, 2.24) is 25.0 Å². The van der Waals surface area contributed by atoms with Crippen molar-refractivity contribution in [3.8, 4) is 0 Å². The third kappa shape index (κ3) is 1.84. The van der Waals surface area contributed by atoms with Crippen LogP contribution >= 0.6 is 0 Å².